The number of nitrogens with one attached hydrogen (secondary N) is 1. The Morgan fingerprint density at radius 1 is 1.69 bits per heavy atom. The van der Waals surface area contributed by atoms with E-state index in [0.29, 0.717) is 0 Å². The van der Waals surface area contributed by atoms with Gasteiger partial charge in [-0.25, -0.2) is 0 Å². The van der Waals surface area contributed by atoms with E-state index in [1.54, 1.807) is 5.01 Å². The quantitative estimate of drug-likeness (QED) is 0.338. The summed E-state index contributed by atoms with van der Waals surface area (Å²) in [6, 6.07) is 0.167. The van der Waals surface area contributed by atoms with Crippen molar-refractivity contribution >= 4 is 11.7 Å². The fraction of sp³-hybridized carbons (Fsp3) is 0.750. The average Bonchev–Trinajstić information content (AvgIpc) is 2.32. The van der Waals surface area contributed by atoms with Crippen LogP contribution in [0.1, 0.15) is 13.3 Å². The third-order valence-corrected chi connectivity index (χ3v) is 2.20. The van der Waals surface area contributed by atoms with Crippen LogP contribution in [-0.2, 0) is 0 Å². The minimum absolute atomic E-state index is 0.136. The molecule has 13 heavy (non-hydrogen) atoms. The number of nitrogens with two attached hydrogens (primary N) is 1. The highest BCUT2D eigenvalue weighted by Gasteiger charge is 2.27. The van der Waals surface area contributed by atoms with Gasteiger partial charge in [0.05, 0.1) is 11.8 Å². The first-order chi connectivity index (χ1) is 6.02. The zero-order chi connectivity index (χ0) is 10.0. The van der Waals surface area contributed by atoms with E-state index in [-0.39, 0.29) is 12.0 Å². The lowest BCUT2D eigenvalue weighted by molar-refractivity contribution is 0.420. The molecule has 0 aromatic carbocycles. The fourth-order valence-electron chi connectivity index (χ4n) is 1.54. The van der Waals surface area contributed by atoms with E-state index in [1.165, 1.54) is 0 Å². The van der Waals surface area contributed by atoms with Gasteiger partial charge < -0.3 is 15.6 Å². The van der Waals surface area contributed by atoms with Crippen molar-refractivity contribution in [3.8, 4) is 0 Å². The van der Waals surface area contributed by atoms with Crippen molar-refractivity contribution < 1.29 is 0 Å². The maximum Gasteiger partial charge on any atom is 0.188 e. The van der Waals surface area contributed by atoms with Gasteiger partial charge in [0.2, 0.25) is 0 Å². The van der Waals surface area contributed by atoms with Crippen LogP contribution in [0.15, 0.2) is 5.10 Å². The maximum atomic E-state index is 7.33. The standard InChI is InChI=1S/C8H17N5/c1-6-7(11-12(2)3)4-5-13(6)8(9)10/h6H,4-5H2,1-3H3,(H3,9,10). The van der Waals surface area contributed by atoms with E-state index < -0.39 is 0 Å². The summed E-state index contributed by atoms with van der Waals surface area (Å²) in [5, 5.41) is 13.5. The second-order valence-electron chi connectivity index (χ2n) is 3.44. The zero-order valence-corrected chi connectivity index (χ0v) is 8.41. The molecule has 1 rings (SSSR count). The first-order valence-electron chi connectivity index (χ1n) is 4.37. The lowest BCUT2D eigenvalue weighted by Gasteiger charge is -2.21. The molecule has 1 fully saturated rings. The summed E-state index contributed by atoms with van der Waals surface area (Å²) < 4.78 is 0. The molecular weight excluding hydrogens is 166 g/mol. The third-order valence-electron chi connectivity index (χ3n) is 2.20. The van der Waals surface area contributed by atoms with E-state index >= 15 is 0 Å². The van der Waals surface area contributed by atoms with Crippen molar-refractivity contribution in [3.05, 3.63) is 0 Å². The molecule has 0 amide bonds. The molecule has 0 aromatic heterocycles. The van der Waals surface area contributed by atoms with Crippen molar-refractivity contribution in [2.45, 2.75) is 19.4 Å². The van der Waals surface area contributed by atoms with Gasteiger partial charge in [0.15, 0.2) is 5.96 Å². The van der Waals surface area contributed by atoms with Crippen LogP contribution in [0.3, 0.4) is 0 Å². The molecule has 0 aliphatic carbocycles. The van der Waals surface area contributed by atoms with Crippen LogP contribution in [0.25, 0.3) is 0 Å². The Kier molecular flexibility index (Phi) is 2.75. The first-order valence-corrected chi connectivity index (χ1v) is 4.37. The monoisotopic (exact) mass is 183 g/mol. The SMILES string of the molecule is CC1C(=NN(C)C)CCN1C(=N)N. The number of hydrogen-bond donors (Lipinski definition) is 2. The number of likely N-dealkylation sites (tertiary alicyclic amines) is 1. The minimum atomic E-state index is 0.136. The molecule has 0 aromatic rings. The Labute approximate surface area is 78.7 Å². The van der Waals surface area contributed by atoms with E-state index in [9.17, 15) is 0 Å². The van der Waals surface area contributed by atoms with Crippen molar-refractivity contribution in [2.24, 2.45) is 10.8 Å². The van der Waals surface area contributed by atoms with Crippen LogP contribution in [0.4, 0.5) is 0 Å². The van der Waals surface area contributed by atoms with Gasteiger partial charge in [0.1, 0.15) is 0 Å². The van der Waals surface area contributed by atoms with Crippen LogP contribution < -0.4 is 5.73 Å². The Hall–Kier alpha value is -1.26. The van der Waals surface area contributed by atoms with Gasteiger partial charge in [0, 0.05) is 27.1 Å². The highest BCUT2D eigenvalue weighted by Crippen LogP contribution is 2.13. The Bertz CT molecular complexity index is 233. The molecule has 1 aliphatic heterocycles. The molecule has 3 N–H and O–H groups in total. The topological polar surface area (TPSA) is 68.7 Å². The molecule has 0 saturated carbocycles. The van der Waals surface area contributed by atoms with Crippen molar-refractivity contribution in [3.63, 3.8) is 0 Å². The number of rotatable bonds is 1. The molecule has 5 heteroatoms. The van der Waals surface area contributed by atoms with Gasteiger partial charge in [-0.2, -0.15) is 5.10 Å². The zero-order valence-electron chi connectivity index (χ0n) is 8.41. The normalized spacial score (nSPS) is 25.3. The second kappa shape index (κ2) is 3.64. The molecule has 0 bridgehead atoms. The summed E-state index contributed by atoms with van der Waals surface area (Å²) in [5.74, 6) is 0.136. The predicted octanol–water partition coefficient (Wildman–Crippen LogP) is -0.108. The number of guanidine groups is 1. The molecule has 1 heterocycles. The summed E-state index contributed by atoms with van der Waals surface area (Å²) in [6.45, 7) is 2.83. The van der Waals surface area contributed by atoms with Crippen LogP contribution in [0.5, 0.6) is 0 Å². The van der Waals surface area contributed by atoms with Gasteiger partial charge in [-0.3, -0.25) is 5.41 Å². The lowest BCUT2D eigenvalue weighted by atomic mass is 10.2. The highest BCUT2D eigenvalue weighted by molar-refractivity contribution is 5.95. The summed E-state index contributed by atoms with van der Waals surface area (Å²) in [5.41, 5.74) is 6.52. The van der Waals surface area contributed by atoms with E-state index in [1.807, 2.05) is 25.9 Å². The van der Waals surface area contributed by atoms with Crippen LogP contribution in [0, 0.1) is 5.41 Å². The molecule has 1 unspecified atom stereocenters. The number of hydrazone groups is 1. The molecule has 74 valence electrons. The molecule has 0 spiro atoms. The summed E-state index contributed by atoms with van der Waals surface area (Å²) in [4.78, 5) is 1.85. The lowest BCUT2D eigenvalue weighted by Crippen LogP contribution is -2.40. The molecular formula is C8H17N5. The van der Waals surface area contributed by atoms with E-state index in [2.05, 4.69) is 5.10 Å². The molecule has 1 aliphatic rings. The third kappa shape index (κ3) is 2.11. The van der Waals surface area contributed by atoms with Crippen molar-refractivity contribution in [2.75, 3.05) is 20.6 Å². The largest absolute Gasteiger partial charge is 0.370 e. The van der Waals surface area contributed by atoms with Crippen LogP contribution in [0.2, 0.25) is 0 Å². The molecule has 0 radical (unpaired) electrons. The molecule has 1 atom stereocenters. The van der Waals surface area contributed by atoms with Gasteiger partial charge in [0.25, 0.3) is 0 Å². The van der Waals surface area contributed by atoms with Crippen LogP contribution >= 0.6 is 0 Å². The number of nitrogens with zero attached hydrogens (tertiary/aromatic N) is 3. The van der Waals surface area contributed by atoms with Gasteiger partial charge in [-0.05, 0) is 6.92 Å². The fourth-order valence-corrected chi connectivity index (χ4v) is 1.54. The minimum Gasteiger partial charge on any atom is -0.370 e. The number of hydrogen-bond acceptors (Lipinski definition) is 3. The Balaban J connectivity index is 2.70. The van der Waals surface area contributed by atoms with E-state index in [0.717, 1.165) is 18.7 Å². The summed E-state index contributed by atoms with van der Waals surface area (Å²) in [7, 11) is 3.80. The van der Waals surface area contributed by atoms with Gasteiger partial charge >= 0.3 is 0 Å². The Morgan fingerprint density at radius 3 is 2.69 bits per heavy atom. The second-order valence-corrected chi connectivity index (χ2v) is 3.44. The Morgan fingerprint density at radius 2 is 2.31 bits per heavy atom. The maximum absolute atomic E-state index is 7.33. The highest BCUT2D eigenvalue weighted by atomic mass is 15.4. The van der Waals surface area contributed by atoms with Crippen LogP contribution in [-0.4, -0.2) is 48.3 Å². The van der Waals surface area contributed by atoms with E-state index in [4.69, 9.17) is 11.1 Å². The molecule has 5 nitrogen and oxygen atoms in total. The molecule has 1 saturated heterocycles. The predicted molar refractivity (Wildman–Crippen MR) is 53.8 cm³/mol. The van der Waals surface area contributed by atoms with Crippen molar-refractivity contribution in [1.29, 1.82) is 5.41 Å². The summed E-state index contributed by atoms with van der Waals surface area (Å²) >= 11 is 0. The summed E-state index contributed by atoms with van der Waals surface area (Å²) in [6.07, 6.45) is 0.902. The van der Waals surface area contributed by atoms with Gasteiger partial charge in [-0.1, -0.05) is 0 Å². The van der Waals surface area contributed by atoms with Gasteiger partial charge in [-0.15, -0.1) is 0 Å². The average molecular weight is 183 g/mol. The first kappa shape index (κ1) is 9.83. The van der Waals surface area contributed by atoms with Crippen molar-refractivity contribution in [1.82, 2.24) is 9.91 Å². The smallest absolute Gasteiger partial charge is 0.188 e.